The van der Waals surface area contributed by atoms with Crippen LogP contribution < -0.4 is 0 Å². The van der Waals surface area contributed by atoms with Crippen LogP contribution in [0, 0.1) is 40.9 Å². The molecule has 17 nitrogen and oxygen atoms in total. The van der Waals surface area contributed by atoms with Crippen molar-refractivity contribution in [3.8, 4) is 0 Å². The van der Waals surface area contributed by atoms with Crippen LogP contribution in [0.4, 0.5) is 0 Å². The van der Waals surface area contributed by atoms with Crippen LogP contribution in [0.3, 0.4) is 0 Å². The number of cyclic esters (lactones) is 1. The highest BCUT2D eigenvalue weighted by atomic mass is 16.6. The average Bonchev–Trinajstić information content (AvgIpc) is 3.38. The number of piperidine rings is 1. The van der Waals surface area contributed by atoms with Crippen molar-refractivity contribution in [1.29, 1.82) is 0 Å². The molecule has 0 spiro atoms. The van der Waals surface area contributed by atoms with Gasteiger partial charge in [0.25, 0.3) is 11.7 Å². The maximum absolute atomic E-state index is 14.6. The second kappa shape index (κ2) is 28.1. The molecule has 18 heteroatoms. The molecule has 4 aliphatic heterocycles. The lowest BCUT2D eigenvalue weighted by molar-refractivity contribution is -0.265. The highest BCUT2D eigenvalue weighted by Crippen LogP contribution is 2.39. The molecular weight excluding hydrogens is 965 g/mol. The van der Waals surface area contributed by atoms with Crippen LogP contribution in [0.2, 0.25) is 6.82 Å². The first kappa shape index (κ1) is 62.0. The van der Waals surface area contributed by atoms with E-state index in [1.807, 2.05) is 58.1 Å². The van der Waals surface area contributed by atoms with E-state index in [-0.39, 0.29) is 61.6 Å². The van der Waals surface area contributed by atoms with Gasteiger partial charge in [0.1, 0.15) is 29.8 Å². The number of methoxy groups -OCH3 is 3. The summed E-state index contributed by atoms with van der Waals surface area (Å²) in [6.45, 7) is 16.5. The standard InChI is InChI=1S/C57H88BNO16/c1-34-18-14-13-15-19-35(2)46(68-10)30-42-23-21-40(7)57(67,75-42)52(63)53(64)59-25-17-16-20-43(59)54(65)73-47(31-44(60)36(3)27-39(6)50(62)51(70-12)49(61)38(5)26-34)37(4)28-41-22-24-45(48(29-41)69-11)74-55(66)56(8)32-71-58(9)72-33-56/h13-15,18-19,27,34,37-43,45-48,50-51,62,67H,16-17,20-26,28-33H2,1-12H3/t34-,37-,38-,39?,40-,41+,42+,43+,45-,46+,47+,48-,50-,51+,57-/m1/s1. The van der Waals surface area contributed by atoms with Crippen molar-refractivity contribution < 1.29 is 76.7 Å². The number of hydrogen-bond acceptors (Lipinski definition) is 16. The van der Waals surface area contributed by atoms with Gasteiger partial charge in [-0.2, -0.15) is 0 Å². The number of ketones is 3. The van der Waals surface area contributed by atoms with Gasteiger partial charge in [0.15, 0.2) is 11.6 Å². The van der Waals surface area contributed by atoms with Gasteiger partial charge in [-0.15, -0.1) is 0 Å². The maximum Gasteiger partial charge on any atom is 0.453 e. The lowest BCUT2D eigenvalue weighted by Crippen LogP contribution is -2.61. The highest BCUT2D eigenvalue weighted by molar-refractivity contribution is 6.42. The Bertz CT molecular complexity index is 2100. The third-order valence-corrected chi connectivity index (χ3v) is 16.5. The Morgan fingerprint density at radius 2 is 1.59 bits per heavy atom. The minimum Gasteiger partial charge on any atom is -0.460 e. The van der Waals surface area contributed by atoms with Crippen molar-refractivity contribution in [3.63, 3.8) is 0 Å². The Balaban J connectivity index is 1.44. The van der Waals surface area contributed by atoms with Crippen LogP contribution in [0.25, 0.3) is 0 Å². The number of carbonyl (C=O) groups excluding carboxylic acids is 6. The molecule has 2 bridgehead atoms. The number of carbonyl (C=O) groups is 6. The van der Waals surface area contributed by atoms with Crippen LogP contribution >= 0.6 is 0 Å². The van der Waals surface area contributed by atoms with Crippen LogP contribution in [-0.4, -0.2) is 153 Å². The number of rotatable bonds is 8. The van der Waals surface area contributed by atoms with E-state index in [1.54, 1.807) is 54.8 Å². The zero-order valence-electron chi connectivity index (χ0n) is 46.8. The topological polar surface area (TPSA) is 220 Å². The Kier molecular flexibility index (Phi) is 23.3. The van der Waals surface area contributed by atoms with Gasteiger partial charge in [0.05, 0.1) is 24.4 Å². The predicted octanol–water partition coefficient (Wildman–Crippen LogP) is 6.90. The van der Waals surface area contributed by atoms with Crippen LogP contribution in [0.1, 0.15) is 132 Å². The summed E-state index contributed by atoms with van der Waals surface area (Å²) < 4.78 is 47.2. The molecule has 15 atom stereocenters. The van der Waals surface area contributed by atoms with E-state index in [0.29, 0.717) is 64.2 Å². The lowest BCUT2D eigenvalue weighted by atomic mass is 9.78. The molecule has 75 heavy (non-hydrogen) atoms. The molecule has 0 aromatic carbocycles. The van der Waals surface area contributed by atoms with Crippen molar-refractivity contribution in [2.45, 2.75) is 194 Å². The number of nitrogens with zero attached hydrogens (tertiary/aromatic N) is 1. The summed E-state index contributed by atoms with van der Waals surface area (Å²) in [4.78, 5) is 86.1. The van der Waals surface area contributed by atoms with E-state index < -0.39 is 114 Å². The molecule has 5 aliphatic rings. The van der Waals surface area contributed by atoms with Crippen LogP contribution in [0.5, 0.6) is 0 Å². The number of hydrogen-bond donors (Lipinski definition) is 2. The number of fused-ring (bicyclic) bond motifs is 3. The van der Waals surface area contributed by atoms with Crippen molar-refractivity contribution >= 4 is 42.3 Å². The third-order valence-electron chi connectivity index (χ3n) is 16.5. The summed E-state index contributed by atoms with van der Waals surface area (Å²) in [5.41, 5.74) is 0.189. The first-order chi connectivity index (χ1) is 35.5. The van der Waals surface area contributed by atoms with Crippen molar-refractivity contribution in [2.75, 3.05) is 41.1 Å². The molecule has 1 unspecified atom stereocenters. The monoisotopic (exact) mass is 1050 g/mol. The second-order valence-corrected chi connectivity index (χ2v) is 22.7. The van der Waals surface area contributed by atoms with Gasteiger partial charge in [0.2, 0.25) is 5.79 Å². The molecule has 4 fully saturated rings. The molecule has 1 saturated carbocycles. The molecule has 0 aromatic rings. The van der Waals surface area contributed by atoms with Gasteiger partial charge >= 0.3 is 19.1 Å². The van der Waals surface area contributed by atoms with E-state index in [4.69, 9.17) is 37.7 Å². The first-order valence-corrected chi connectivity index (χ1v) is 27.4. The largest absolute Gasteiger partial charge is 0.460 e. The molecule has 5 rings (SSSR count). The Morgan fingerprint density at radius 1 is 0.880 bits per heavy atom. The number of Topliss-reactive ketones (excluding diaryl/α,β-unsaturated/α-hetero) is 3. The molecule has 1 aliphatic carbocycles. The molecular formula is C57H88BNO16. The van der Waals surface area contributed by atoms with Gasteiger partial charge in [-0.1, -0.05) is 71.1 Å². The Hall–Kier alpha value is -3.88. The zero-order chi connectivity index (χ0) is 55.4. The summed E-state index contributed by atoms with van der Waals surface area (Å²) in [7, 11) is 4.11. The average molecular weight is 1050 g/mol. The van der Waals surface area contributed by atoms with Gasteiger partial charge < -0.3 is 52.8 Å². The number of aliphatic hydroxyl groups is 2. The molecule has 420 valence electrons. The van der Waals surface area contributed by atoms with E-state index in [9.17, 15) is 39.0 Å². The molecule has 1 amide bonds. The highest BCUT2D eigenvalue weighted by Gasteiger charge is 2.53. The SMILES string of the molecule is CO[C@H]1C[C@@H]2CC[C@@H](C)[C@@](O)(O2)C(=O)C(=O)N2CCCC[C@H]2C(=O)O[C@H]([C@H](C)C[C@@H]2CC[C@@H](OC(=O)C3(C)COB(C)OC3)[C@H](OC)C2)CC(=O)C(C)=CC(C)[C@@H](O)[C@@H](OC)C(=O)[C@H](C)C[C@H](C)C=CC=CC=C1C. The minimum absolute atomic E-state index is 0.00410. The fraction of sp³-hybridized carbons (Fsp3) is 0.754. The fourth-order valence-corrected chi connectivity index (χ4v) is 11.3. The Morgan fingerprint density at radius 3 is 2.25 bits per heavy atom. The summed E-state index contributed by atoms with van der Waals surface area (Å²) in [6, 6.07) is -1.18. The summed E-state index contributed by atoms with van der Waals surface area (Å²) in [5.74, 6) is -8.76. The Labute approximate surface area is 446 Å². The van der Waals surface area contributed by atoms with Gasteiger partial charge in [-0.25, -0.2) is 4.79 Å². The summed E-state index contributed by atoms with van der Waals surface area (Å²) in [5, 5.41) is 23.6. The molecule has 2 N–H and O–H groups in total. The number of aliphatic hydroxyl groups excluding tert-OH is 1. The van der Waals surface area contributed by atoms with Crippen LogP contribution in [-0.2, 0) is 66.5 Å². The molecule has 0 aromatic heterocycles. The molecule has 0 radical (unpaired) electrons. The quantitative estimate of drug-likeness (QED) is 0.143. The van der Waals surface area contributed by atoms with Crippen molar-refractivity contribution in [2.24, 2.45) is 40.9 Å². The van der Waals surface area contributed by atoms with Crippen molar-refractivity contribution in [3.05, 3.63) is 47.6 Å². The lowest BCUT2D eigenvalue weighted by Gasteiger charge is -2.42. The van der Waals surface area contributed by atoms with Gasteiger partial charge in [-0.05, 0) is 121 Å². The minimum atomic E-state index is -2.46. The smallest absolute Gasteiger partial charge is 0.453 e. The van der Waals surface area contributed by atoms with Crippen molar-refractivity contribution in [1.82, 2.24) is 4.90 Å². The number of esters is 2. The third kappa shape index (κ3) is 16.1. The van der Waals surface area contributed by atoms with Gasteiger partial charge in [-0.3, -0.25) is 24.0 Å². The molecule has 4 heterocycles. The molecule has 3 saturated heterocycles. The number of allylic oxidation sites excluding steroid dienone is 6. The normalized spacial score (nSPS) is 36.2. The number of ether oxygens (including phenoxy) is 6. The first-order valence-electron chi connectivity index (χ1n) is 27.4. The van der Waals surface area contributed by atoms with E-state index in [1.165, 1.54) is 12.0 Å². The fourth-order valence-electron chi connectivity index (χ4n) is 11.3. The second-order valence-electron chi connectivity index (χ2n) is 22.7. The summed E-state index contributed by atoms with van der Waals surface area (Å²) in [6.07, 6.45) is 10.6. The van der Waals surface area contributed by atoms with E-state index in [2.05, 4.69) is 0 Å². The summed E-state index contributed by atoms with van der Waals surface area (Å²) >= 11 is 0. The maximum atomic E-state index is 14.6. The van der Waals surface area contributed by atoms with Gasteiger partial charge in [0, 0.05) is 71.7 Å². The van der Waals surface area contributed by atoms with E-state index >= 15 is 0 Å². The van der Waals surface area contributed by atoms with E-state index in [0.717, 1.165) is 5.57 Å². The predicted molar refractivity (Wildman–Crippen MR) is 281 cm³/mol. The van der Waals surface area contributed by atoms with Crippen LogP contribution in [0.15, 0.2) is 47.6 Å². The zero-order valence-corrected chi connectivity index (χ0v) is 46.8. The number of amides is 1.